The van der Waals surface area contributed by atoms with Gasteiger partial charge >= 0.3 is 6.09 Å². The zero-order valence-electron chi connectivity index (χ0n) is 23.7. The number of halogens is 2. The van der Waals surface area contributed by atoms with Crippen molar-refractivity contribution < 1.29 is 28.6 Å². The summed E-state index contributed by atoms with van der Waals surface area (Å²) in [7, 11) is 2.07. The fourth-order valence-electron chi connectivity index (χ4n) is 6.49. The Kier molecular flexibility index (Phi) is 6.93. The summed E-state index contributed by atoms with van der Waals surface area (Å²) in [5, 5.41) is 10.6. The second-order valence-electron chi connectivity index (χ2n) is 12.4. The highest BCUT2D eigenvalue weighted by Crippen LogP contribution is 2.47. The molecule has 3 fully saturated rings. The van der Waals surface area contributed by atoms with E-state index < -0.39 is 23.6 Å². The molecule has 10 nitrogen and oxygen atoms in total. The number of carbonyl (C=O) groups is 2. The largest absolute Gasteiger partial charge is 0.507 e. The lowest BCUT2D eigenvalue weighted by Gasteiger charge is -2.40. The van der Waals surface area contributed by atoms with Crippen molar-refractivity contribution in [2.45, 2.75) is 44.9 Å². The first-order valence-electron chi connectivity index (χ1n) is 14.0. The highest BCUT2D eigenvalue weighted by Gasteiger charge is 2.46. The number of hydrogen-bond donors (Lipinski definition) is 1. The Labute approximate surface area is 243 Å². The summed E-state index contributed by atoms with van der Waals surface area (Å²) in [5.74, 6) is -0.385. The topological polar surface area (TPSA) is 98.7 Å². The number of ether oxygens (including phenoxy) is 2. The van der Waals surface area contributed by atoms with Crippen LogP contribution in [0.4, 0.5) is 15.0 Å². The lowest BCUT2D eigenvalue weighted by atomic mass is 10.0. The summed E-state index contributed by atoms with van der Waals surface area (Å²) in [6.45, 7) is 8.74. The van der Waals surface area contributed by atoms with Crippen LogP contribution in [-0.2, 0) is 4.74 Å². The van der Waals surface area contributed by atoms with Crippen LogP contribution in [0.15, 0.2) is 18.2 Å². The Morgan fingerprint density at radius 2 is 1.93 bits per heavy atom. The van der Waals surface area contributed by atoms with Crippen molar-refractivity contribution in [3.63, 3.8) is 0 Å². The number of amides is 2. The molecule has 6 rings (SSSR count). The van der Waals surface area contributed by atoms with E-state index in [0.29, 0.717) is 24.8 Å². The highest BCUT2D eigenvalue weighted by molar-refractivity contribution is 6.35. The third-order valence-corrected chi connectivity index (χ3v) is 8.69. The normalized spacial score (nSPS) is 24.5. The highest BCUT2D eigenvalue weighted by atomic mass is 35.5. The Hall–Kier alpha value is -3.31. The first-order chi connectivity index (χ1) is 19.4. The van der Waals surface area contributed by atoms with E-state index >= 15 is 4.39 Å². The molecule has 4 aliphatic heterocycles. The fourth-order valence-corrected chi connectivity index (χ4v) is 6.78. The summed E-state index contributed by atoms with van der Waals surface area (Å²) in [4.78, 5) is 39.6. The molecule has 0 bridgehead atoms. The number of pyridine rings is 1. The first-order valence-corrected chi connectivity index (χ1v) is 14.4. The van der Waals surface area contributed by atoms with E-state index in [1.54, 1.807) is 9.80 Å². The Balaban J connectivity index is 1.43. The second-order valence-corrected chi connectivity index (χ2v) is 12.7. The first kappa shape index (κ1) is 27.8. The summed E-state index contributed by atoms with van der Waals surface area (Å²) < 4.78 is 26.9. The second kappa shape index (κ2) is 10.2. The standard InChI is InChI=1S/C29H35ClFN5O5/c1-29(2,3)41-28(39)34-10-11-35-17(13-34)15-40-25-22(27(35)38)26(36-9-8-16-12-33(4)14-19(16)36)32-24(23(25)30)21-18(31)6-5-7-20(21)37/h5-7,16-17,19,37H,8-15H2,1-4H3/t16?,17-,19?/m1/s1. The van der Waals surface area contributed by atoms with Crippen LogP contribution in [0.5, 0.6) is 11.5 Å². The minimum atomic E-state index is -0.685. The van der Waals surface area contributed by atoms with Crippen LogP contribution in [0, 0.1) is 11.7 Å². The van der Waals surface area contributed by atoms with Gasteiger partial charge in [-0.15, -0.1) is 0 Å². The summed E-state index contributed by atoms with van der Waals surface area (Å²) in [6, 6.07) is 3.68. The predicted molar refractivity (Wildman–Crippen MR) is 151 cm³/mol. The van der Waals surface area contributed by atoms with Crippen molar-refractivity contribution in [2.75, 3.05) is 57.8 Å². The number of likely N-dealkylation sites (tertiary alicyclic amines) is 1. The van der Waals surface area contributed by atoms with Gasteiger partial charge in [0.2, 0.25) is 0 Å². The summed E-state index contributed by atoms with van der Waals surface area (Å²) in [5.41, 5.74) is -0.535. The van der Waals surface area contributed by atoms with Crippen LogP contribution < -0.4 is 9.64 Å². The fraction of sp³-hybridized carbons (Fsp3) is 0.552. The smallest absolute Gasteiger partial charge is 0.410 e. The van der Waals surface area contributed by atoms with E-state index in [1.807, 2.05) is 20.8 Å². The molecule has 0 aliphatic carbocycles. The molecular weight excluding hydrogens is 553 g/mol. The van der Waals surface area contributed by atoms with Gasteiger partial charge in [-0.1, -0.05) is 17.7 Å². The number of rotatable bonds is 2. The minimum absolute atomic E-state index is 0.0221. The van der Waals surface area contributed by atoms with Crippen molar-refractivity contribution in [3.8, 4) is 22.8 Å². The Morgan fingerprint density at radius 1 is 1.15 bits per heavy atom. The maximum Gasteiger partial charge on any atom is 0.410 e. The molecule has 1 N–H and O–H groups in total. The lowest BCUT2D eigenvalue weighted by Crippen LogP contribution is -2.58. The minimum Gasteiger partial charge on any atom is -0.507 e. The van der Waals surface area contributed by atoms with E-state index in [9.17, 15) is 14.7 Å². The number of aromatic nitrogens is 1. The van der Waals surface area contributed by atoms with Crippen molar-refractivity contribution >= 4 is 29.4 Å². The number of likely N-dealkylation sites (N-methyl/N-ethyl adjacent to an activating group) is 1. The van der Waals surface area contributed by atoms with Crippen LogP contribution in [0.2, 0.25) is 5.02 Å². The quantitative estimate of drug-likeness (QED) is 0.566. The van der Waals surface area contributed by atoms with Crippen LogP contribution in [0.25, 0.3) is 11.3 Å². The molecule has 41 heavy (non-hydrogen) atoms. The Bertz CT molecular complexity index is 1380. The maximum atomic E-state index is 15.1. The van der Waals surface area contributed by atoms with Crippen LogP contribution in [-0.4, -0.2) is 107 Å². The maximum absolute atomic E-state index is 15.1. The zero-order chi connectivity index (χ0) is 29.2. The number of aromatic hydroxyl groups is 1. The molecule has 3 atom stereocenters. The molecule has 220 valence electrons. The molecule has 5 heterocycles. The number of anilines is 1. The van der Waals surface area contributed by atoms with Gasteiger partial charge in [-0.2, -0.15) is 0 Å². The number of fused-ring (bicyclic) bond motifs is 3. The number of piperazine rings is 1. The van der Waals surface area contributed by atoms with Crippen molar-refractivity contribution in [3.05, 3.63) is 34.6 Å². The van der Waals surface area contributed by atoms with Gasteiger partial charge in [-0.05, 0) is 52.3 Å². The molecule has 0 radical (unpaired) electrons. The molecule has 0 saturated carbocycles. The van der Waals surface area contributed by atoms with Crippen molar-refractivity contribution in [1.82, 2.24) is 19.7 Å². The van der Waals surface area contributed by atoms with Gasteiger partial charge in [0.25, 0.3) is 5.91 Å². The average Bonchev–Trinajstić information content (AvgIpc) is 3.41. The van der Waals surface area contributed by atoms with E-state index in [4.69, 9.17) is 26.1 Å². The van der Waals surface area contributed by atoms with Gasteiger partial charge in [0, 0.05) is 45.3 Å². The molecule has 0 spiro atoms. The number of phenols is 1. The molecular formula is C29H35ClFN5O5. The molecule has 12 heteroatoms. The van der Waals surface area contributed by atoms with Gasteiger partial charge in [0.1, 0.15) is 45.9 Å². The predicted octanol–water partition coefficient (Wildman–Crippen LogP) is 3.84. The number of phenolic OH excluding ortho intramolecular Hbond substituents is 1. The van der Waals surface area contributed by atoms with E-state index in [-0.39, 0.29) is 65.0 Å². The van der Waals surface area contributed by atoms with E-state index in [0.717, 1.165) is 19.5 Å². The SMILES string of the molecule is CN1CC2CCN(c3nc(-c4c(O)cccc4F)c(Cl)c4c3C(=O)N3CCN(C(=O)OC(C)(C)C)C[C@@H]3CO4)C2C1. The summed E-state index contributed by atoms with van der Waals surface area (Å²) in [6.07, 6.45) is 0.484. The van der Waals surface area contributed by atoms with Crippen molar-refractivity contribution in [2.24, 2.45) is 5.92 Å². The Morgan fingerprint density at radius 3 is 2.66 bits per heavy atom. The third kappa shape index (κ3) is 4.92. The molecule has 2 unspecified atom stereocenters. The van der Waals surface area contributed by atoms with E-state index in [2.05, 4.69) is 16.8 Å². The molecule has 3 saturated heterocycles. The van der Waals surface area contributed by atoms with Gasteiger partial charge in [0.05, 0.1) is 11.6 Å². The molecule has 4 aliphatic rings. The van der Waals surface area contributed by atoms with Crippen LogP contribution in [0.3, 0.4) is 0 Å². The molecule has 2 amide bonds. The monoisotopic (exact) mass is 587 g/mol. The summed E-state index contributed by atoms with van der Waals surface area (Å²) >= 11 is 6.86. The van der Waals surface area contributed by atoms with Gasteiger partial charge < -0.3 is 34.2 Å². The number of benzene rings is 1. The molecule has 2 aromatic rings. The lowest BCUT2D eigenvalue weighted by molar-refractivity contribution is 0.000954. The third-order valence-electron chi connectivity index (χ3n) is 8.34. The van der Waals surface area contributed by atoms with Gasteiger partial charge in [-0.25, -0.2) is 14.2 Å². The molecule has 1 aromatic carbocycles. The van der Waals surface area contributed by atoms with Crippen LogP contribution in [0.1, 0.15) is 37.6 Å². The zero-order valence-corrected chi connectivity index (χ0v) is 24.4. The average molecular weight is 588 g/mol. The van der Waals surface area contributed by atoms with Crippen LogP contribution >= 0.6 is 11.6 Å². The number of nitrogens with zero attached hydrogens (tertiary/aromatic N) is 5. The number of carbonyl (C=O) groups excluding carboxylic acids is 2. The van der Waals surface area contributed by atoms with Gasteiger partial charge in [0.15, 0.2) is 5.75 Å². The van der Waals surface area contributed by atoms with Gasteiger partial charge in [-0.3, -0.25) is 4.79 Å². The molecule has 1 aromatic heterocycles. The number of hydrogen-bond acceptors (Lipinski definition) is 8. The van der Waals surface area contributed by atoms with E-state index in [1.165, 1.54) is 18.2 Å². The van der Waals surface area contributed by atoms with Crippen molar-refractivity contribution in [1.29, 1.82) is 0 Å².